The summed E-state index contributed by atoms with van der Waals surface area (Å²) in [6.07, 6.45) is -7.74. The zero-order valence-electron chi connectivity index (χ0n) is 14.7. The maximum Gasteiger partial charge on any atom is 0.400 e. The highest BCUT2D eigenvalue weighted by atomic mass is 32.3. The lowest BCUT2D eigenvalue weighted by Crippen LogP contribution is -2.73. The van der Waals surface area contributed by atoms with E-state index in [1.54, 1.807) is 0 Å². The number of hydrogen-bond acceptors (Lipinski definition) is 15. The van der Waals surface area contributed by atoms with E-state index in [2.05, 4.69) is 16.7 Å². The first kappa shape index (κ1) is 28.1. The van der Waals surface area contributed by atoms with Crippen LogP contribution in [0.5, 0.6) is 0 Å². The van der Waals surface area contributed by atoms with Gasteiger partial charge in [-0.3, -0.25) is 23.0 Å². The fraction of sp³-hybridized carbons (Fsp3) is 0.875. The molecule has 0 aliphatic carbocycles. The van der Waals surface area contributed by atoms with Crippen LogP contribution in [0.25, 0.3) is 0 Å². The Morgan fingerprint density at radius 3 is 1.68 bits per heavy atom. The molecule has 0 bridgehead atoms. The minimum Gasteiger partial charge on any atom is -0.333 e. The highest BCUT2D eigenvalue weighted by Crippen LogP contribution is 2.36. The number of carbonyl (C=O) groups excluding carboxylic acids is 1. The highest BCUT2D eigenvalue weighted by molar-refractivity contribution is 7.81. The smallest absolute Gasteiger partial charge is 0.333 e. The molecule has 1 aliphatic rings. The maximum absolute atomic E-state index is 12.1. The van der Waals surface area contributed by atoms with Crippen molar-refractivity contribution in [1.82, 2.24) is 0 Å². The SMILES string of the molecule is CC(=O)C1(OS(=O)(=O)O)O[C@H](COS(=O)(=O)O)[C@H](OS(=O)(=O)O)[C@H](OS(=O)(=O)O)[C@H]1N. The molecule has 1 unspecified atom stereocenters. The number of ether oxygens (including phenoxy) is 1. The van der Waals surface area contributed by atoms with Gasteiger partial charge in [0.05, 0.1) is 12.6 Å². The summed E-state index contributed by atoms with van der Waals surface area (Å²) in [4.78, 5) is 12.1. The van der Waals surface area contributed by atoms with E-state index < -0.39 is 84.1 Å². The first-order chi connectivity index (χ1) is 13.6. The van der Waals surface area contributed by atoms with Gasteiger partial charge in [0.1, 0.15) is 18.3 Å². The highest BCUT2D eigenvalue weighted by Gasteiger charge is 2.62. The summed E-state index contributed by atoms with van der Waals surface area (Å²) in [5.74, 6) is -5.00. The number of Topliss-reactive ketones (excluding diaryl/α,β-unsaturated/α-hetero) is 1. The topological polar surface area (TPSA) is 307 Å². The average molecular weight is 541 g/mol. The lowest BCUT2D eigenvalue weighted by molar-refractivity contribution is -0.278. The van der Waals surface area contributed by atoms with Gasteiger partial charge in [-0.25, -0.2) is 16.7 Å². The number of hydrogen-bond donors (Lipinski definition) is 5. The van der Waals surface area contributed by atoms with Gasteiger partial charge in [0.2, 0.25) is 0 Å². The third kappa shape index (κ3) is 8.50. The molecule has 6 N–H and O–H groups in total. The maximum atomic E-state index is 12.1. The first-order valence-electron chi connectivity index (χ1n) is 7.12. The minimum absolute atomic E-state index is 0.514. The third-order valence-electron chi connectivity index (χ3n) is 3.38. The van der Waals surface area contributed by atoms with Crippen molar-refractivity contribution in [3.63, 3.8) is 0 Å². The number of nitrogens with two attached hydrogens (primary N) is 1. The van der Waals surface area contributed by atoms with Gasteiger partial charge in [0, 0.05) is 6.92 Å². The molecule has 184 valence electrons. The van der Waals surface area contributed by atoms with Crippen LogP contribution in [0.4, 0.5) is 0 Å². The zero-order chi connectivity index (χ0) is 24.6. The molecule has 5 atom stereocenters. The molecule has 0 saturated carbocycles. The van der Waals surface area contributed by atoms with Gasteiger partial charge in [0.25, 0.3) is 5.79 Å². The molecular weight excluding hydrogens is 526 g/mol. The summed E-state index contributed by atoms with van der Waals surface area (Å²) >= 11 is 0. The van der Waals surface area contributed by atoms with Gasteiger partial charge >= 0.3 is 41.6 Å². The van der Waals surface area contributed by atoms with Crippen LogP contribution in [-0.4, -0.2) is 94.4 Å². The van der Waals surface area contributed by atoms with Crippen LogP contribution in [0.1, 0.15) is 6.92 Å². The Morgan fingerprint density at radius 2 is 1.32 bits per heavy atom. The van der Waals surface area contributed by atoms with Crippen LogP contribution in [0, 0.1) is 0 Å². The van der Waals surface area contributed by atoms with Crippen molar-refractivity contribution in [2.45, 2.75) is 37.1 Å². The molecule has 0 aromatic rings. The Morgan fingerprint density at radius 1 is 0.871 bits per heavy atom. The Hall–Kier alpha value is -0.930. The quantitative estimate of drug-likeness (QED) is 0.164. The Bertz CT molecular complexity index is 1110. The summed E-state index contributed by atoms with van der Waals surface area (Å²) in [5, 5.41) is 0. The van der Waals surface area contributed by atoms with Crippen LogP contribution in [0.2, 0.25) is 0 Å². The molecular formula is C8H15NO18S4. The fourth-order valence-electron chi connectivity index (χ4n) is 2.40. The van der Waals surface area contributed by atoms with Crippen molar-refractivity contribution in [2.75, 3.05) is 6.61 Å². The predicted octanol–water partition coefficient (Wildman–Crippen LogP) is -3.99. The molecule has 19 nitrogen and oxygen atoms in total. The average Bonchev–Trinajstić information content (AvgIpc) is 2.47. The van der Waals surface area contributed by atoms with Gasteiger partial charge in [-0.2, -0.15) is 33.7 Å². The van der Waals surface area contributed by atoms with E-state index >= 15 is 0 Å². The fourth-order valence-corrected chi connectivity index (χ4v) is 4.32. The molecule has 1 aliphatic heterocycles. The molecule has 23 heteroatoms. The van der Waals surface area contributed by atoms with Crippen LogP contribution in [0.15, 0.2) is 0 Å². The van der Waals surface area contributed by atoms with Crippen LogP contribution in [-0.2, 0) is 67.9 Å². The van der Waals surface area contributed by atoms with Crippen LogP contribution < -0.4 is 5.73 Å². The normalized spacial score (nSPS) is 30.8. The van der Waals surface area contributed by atoms with Gasteiger partial charge in [-0.05, 0) is 0 Å². The standard InChI is InChI=1S/C8H15NO18S4/c1-3(10)8(27-31(20,21)22)7(9)6(26-30(17,18)19)5(25-29(14,15)16)4(24-8)2-23-28(11,12)13/h4-7H,2,9H2,1H3,(H,11,12,13)(H,14,15,16)(H,17,18,19)(H,20,21,22)/t4-,5+,6+,7-,8?/m1/s1. The predicted molar refractivity (Wildman–Crippen MR) is 89.2 cm³/mol. The second kappa shape index (κ2) is 9.14. The summed E-state index contributed by atoms with van der Waals surface area (Å²) < 4.78 is 145. The van der Waals surface area contributed by atoms with Crippen molar-refractivity contribution >= 4 is 47.4 Å². The summed E-state index contributed by atoms with van der Waals surface area (Å²) in [6, 6.07) is -2.57. The van der Waals surface area contributed by atoms with Gasteiger partial charge < -0.3 is 10.5 Å². The van der Waals surface area contributed by atoms with Crippen molar-refractivity contribution in [3.05, 3.63) is 0 Å². The zero-order valence-corrected chi connectivity index (χ0v) is 18.0. The Kier molecular flexibility index (Phi) is 8.28. The molecule has 1 fully saturated rings. The van der Waals surface area contributed by atoms with Crippen LogP contribution in [0.3, 0.4) is 0 Å². The number of ketones is 1. The van der Waals surface area contributed by atoms with E-state index in [9.17, 15) is 38.5 Å². The second-order valence-electron chi connectivity index (χ2n) is 5.61. The molecule has 0 aromatic carbocycles. The van der Waals surface area contributed by atoms with Gasteiger partial charge in [-0.15, -0.1) is 0 Å². The largest absolute Gasteiger partial charge is 0.400 e. The third-order valence-corrected chi connectivity index (χ3v) is 5.20. The molecule has 1 heterocycles. The molecule has 31 heavy (non-hydrogen) atoms. The van der Waals surface area contributed by atoms with Crippen molar-refractivity contribution in [2.24, 2.45) is 5.73 Å². The second-order valence-corrected chi connectivity index (χ2v) is 9.82. The molecule has 0 spiro atoms. The van der Waals surface area contributed by atoms with E-state index in [1.807, 2.05) is 0 Å². The number of rotatable bonds is 10. The summed E-state index contributed by atoms with van der Waals surface area (Å²) in [5.41, 5.74) is 5.52. The van der Waals surface area contributed by atoms with Crippen molar-refractivity contribution in [1.29, 1.82) is 0 Å². The summed E-state index contributed by atoms with van der Waals surface area (Å²) in [7, 11) is -22.2. The monoisotopic (exact) mass is 541 g/mol. The van der Waals surface area contributed by atoms with Crippen molar-refractivity contribution < 1.29 is 78.1 Å². The van der Waals surface area contributed by atoms with E-state index in [4.69, 9.17) is 28.7 Å². The molecule has 1 rings (SSSR count). The van der Waals surface area contributed by atoms with Gasteiger partial charge in [0.15, 0.2) is 5.78 Å². The van der Waals surface area contributed by atoms with Gasteiger partial charge in [-0.1, -0.05) is 0 Å². The van der Waals surface area contributed by atoms with E-state index in [0.29, 0.717) is 6.92 Å². The molecule has 0 aromatic heterocycles. The van der Waals surface area contributed by atoms with E-state index in [-0.39, 0.29) is 0 Å². The number of carbonyl (C=O) groups is 1. The molecule has 0 radical (unpaired) electrons. The Labute approximate surface area is 175 Å². The lowest BCUT2D eigenvalue weighted by Gasteiger charge is -2.47. The van der Waals surface area contributed by atoms with Crippen LogP contribution >= 0.6 is 0 Å². The Balaban J connectivity index is 3.72. The van der Waals surface area contributed by atoms with E-state index in [1.165, 1.54) is 0 Å². The van der Waals surface area contributed by atoms with Crippen molar-refractivity contribution in [3.8, 4) is 0 Å². The molecule has 1 saturated heterocycles. The summed E-state index contributed by atoms with van der Waals surface area (Å²) in [6.45, 7) is -1.05. The first-order valence-corrected chi connectivity index (χ1v) is 12.6. The minimum atomic E-state index is -5.66. The van der Waals surface area contributed by atoms with E-state index in [0.717, 1.165) is 0 Å². The molecule has 0 amide bonds. The lowest BCUT2D eigenvalue weighted by atomic mass is 9.89.